The average molecular weight is 573 g/mol. The smallest absolute Gasteiger partial charge is 0.288 e. The second-order valence-corrected chi connectivity index (χ2v) is 10.2. The summed E-state index contributed by atoms with van der Waals surface area (Å²) in [6.45, 7) is 8.97. The molecule has 1 aliphatic rings. The molecular weight excluding hydrogens is 545 g/mol. The van der Waals surface area contributed by atoms with Gasteiger partial charge in [0.1, 0.15) is 6.17 Å². The van der Waals surface area contributed by atoms with Crippen molar-refractivity contribution in [1.29, 1.82) is 0 Å². The van der Waals surface area contributed by atoms with Crippen molar-refractivity contribution >= 4 is 35.0 Å². The molecule has 1 N–H and O–H groups in total. The number of aryl methyl sites for hydroxylation is 1. The van der Waals surface area contributed by atoms with Crippen LogP contribution in [0.2, 0.25) is 5.02 Å². The number of hydrogen-bond donors (Lipinski definition) is 1. The number of nitrogens with one attached hydrogen (secondary N) is 1. The van der Waals surface area contributed by atoms with Crippen LogP contribution in [0.5, 0.6) is 0 Å². The van der Waals surface area contributed by atoms with Crippen LogP contribution < -0.4 is 10.2 Å². The van der Waals surface area contributed by atoms with Crippen molar-refractivity contribution in [3.8, 4) is 0 Å². The minimum absolute atomic E-state index is 0.0233. The number of amides is 1. The van der Waals surface area contributed by atoms with Gasteiger partial charge in [0.25, 0.3) is 5.91 Å². The van der Waals surface area contributed by atoms with Crippen molar-refractivity contribution < 1.29 is 35.5 Å². The lowest BCUT2D eigenvalue weighted by molar-refractivity contribution is -0.348. The lowest BCUT2D eigenvalue weighted by Gasteiger charge is -2.36. The largest absolute Gasteiger partial charge is 0.435 e. The van der Waals surface area contributed by atoms with Gasteiger partial charge in [0, 0.05) is 38.7 Å². The number of halogens is 8. The third-order valence-corrected chi connectivity index (χ3v) is 7.04. The van der Waals surface area contributed by atoms with Crippen LogP contribution in [0.15, 0.2) is 36.4 Å². The van der Waals surface area contributed by atoms with E-state index in [4.69, 9.17) is 11.6 Å². The number of carbonyl (C=O) groups is 1. The van der Waals surface area contributed by atoms with E-state index in [0.717, 1.165) is 6.07 Å². The lowest BCUT2D eigenvalue weighted by Crippen LogP contribution is -2.50. The second kappa shape index (κ2) is 11.0. The van der Waals surface area contributed by atoms with Gasteiger partial charge in [0.2, 0.25) is 0 Å². The fraction of sp³-hybridized carbons (Fsp3) is 0.480. The maximum Gasteiger partial charge on any atom is 0.435 e. The number of alkyl halides is 7. The van der Waals surface area contributed by atoms with Gasteiger partial charge in [-0.1, -0.05) is 43.6 Å². The standard InChI is InChI=1S/C23H22ClF7N2OS.C2H6/c1-12-10-13(21(25,22(26,27)28)23(29,30)31)8-9-16(12)33-18(32-20(2,3)11-35-4)17-14(19(33)34)6-5-7-15(17)24;1-2/h5-10,18,32H,11H2,1-4H3;1-2H3. The Morgan fingerprint density at radius 3 is 2.05 bits per heavy atom. The molecule has 0 radical (unpaired) electrons. The molecule has 1 aliphatic heterocycles. The zero-order chi connectivity index (χ0) is 28.6. The molecule has 1 amide bonds. The molecule has 0 spiro atoms. The molecule has 0 fully saturated rings. The summed E-state index contributed by atoms with van der Waals surface area (Å²) < 4.78 is 94.0. The summed E-state index contributed by atoms with van der Waals surface area (Å²) in [5.41, 5.74) is -7.18. The van der Waals surface area contributed by atoms with Crippen molar-refractivity contribution in [2.24, 2.45) is 0 Å². The first kappa shape index (κ1) is 31.2. The number of anilines is 1. The lowest BCUT2D eigenvalue weighted by atomic mass is 9.92. The predicted octanol–water partition coefficient (Wildman–Crippen LogP) is 8.35. The van der Waals surface area contributed by atoms with Gasteiger partial charge in [-0.3, -0.25) is 15.0 Å². The van der Waals surface area contributed by atoms with Crippen LogP contribution >= 0.6 is 23.4 Å². The Morgan fingerprint density at radius 1 is 1.00 bits per heavy atom. The van der Waals surface area contributed by atoms with Gasteiger partial charge in [-0.05, 0) is 50.8 Å². The molecule has 0 bridgehead atoms. The number of carbonyl (C=O) groups excluding carboxylic acids is 1. The SMILES string of the molecule is CC.CSCC(C)(C)NC1c2c(Cl)cccc2C(=O)N1c1ccc(C(F)(C(F)(F)F)C(F)(F)F)cc1C. The Hall–Kier alpha value is -1.98. The van der Waals surface area contributed by atoms with Crippen LogP contribution in [0.25, 0.3) is 0 Å². The highest BCUT2D eigenvalue weighted by molar-refractivity contribution is 7.98. The van der Waals surface area contributed by atoms with E-state index in [0.29, 0.717) is 23.4 Å². The van der Waals surface area contributed by atoms with Gasteiger partial charge in [-0.2, -0.15) is 38.1 Å². The molecule has 1 unspecified atom stereocenters. The molecule has 0 saturated heterocycles. The number of rotatable bonds is 6. The Balaban J connectivity index is 0.00000235. The maximum atomic E-state index is 14.6. The summed E-state index contributed by atoms with van der Waals surface area (Å²) in [5.74, 6) is 0.0686. The summed E-state index contributed by atoms with van der Waals surface area (Å²) in [5, 5.41) is 3.58. The van der Waals surface area contributed by atoms with Crippen molar-refractivity contribution in [2.75, 3.05) is 16.9 Å². The summed E-state index contributed by atoms with van der Waals surface area (Å²) in [7, 11) is 0. The van der Waals surface area contributed by atoms with Crippen LogP contribution in [-0.2, 0) is 5.67 Å². The monoisotopic (exact) mass is 572 g/mol. The topological polar surface area (TPSA) is 32.3 Å². The fourth-order valence-corrected chi connectivity index (χ4v) is 5.25. The zero-order valence-corrected chi connectivity index (χ0v) is 22.6. The second-order valence-electron chi connectivity index (χ2n) is 8.90. The van der Waals surface area contributed by atoms with Crippen LogP contribution in [0.4, 0.5) is 36.4 Å². The van der Waals surface area contributed by atoms with Crippen molar-refractivity contribution in [2.45, 2.75) is 64.3 Å². The highest BCUT2D eigenvalue weighted by Gasteiger charge is 2.73. The molecule has 12 heteroatoms. The number of benzene rings is 2. The van der Waals surface area contributed by atoms with Crippen molar-refractivity contribution in [3.05, 3.63) is 63.7 Å². The predicted molar refractivity (Wildman–Crippen MR) is 134 cm³/mol. The normalized spacial score (nSPS) is 16.4. The van der Waals surface area contributed by atoms with E-state index in [9.17, 15) is 35.5 Å². The first-order valence-electron chi connectivity index (χ1n) is 11.3. The van der Waals surface area contributed by atoms with Crippen LogP contribution in [0.3, 0.4) is 0 Å². The Bertz CT molecular complexity index is 1120. The van der Waals surface area contributed by atoms with Crippen LogP contribution in [-0.4, -0.2) is 35.8 Å². The zero-order valence-electron chi connectivity index (χ0n) is 21.0. The van der Waals surface area contributed by atoms with Crippen molar-refractivity contribution in [3.63, 3.8) is 0 Å². The first-order chi connectivity index (χ1) is 17.0. The minimum Gasteiger partial charge on any atom is -0.288 e. The van der Waals surface area contributed by atoms with Gasteiger partial charge >= 0.3 is 18.0 Å². The number of hydrogen-bond acceptors (Lipinski definition) is 3. The molecular formula is C25H28ClF7N2OS. The highest BCUT2D eigenvalue weighted by Crippen LogP contribution is 2.54. The van der Waals surface area contributed by atoms with Gasteiger partial charge < -0.3 is 0 Å². The summed E-state index contributed by atoms with van der Waals surface area (Å²) in [6, 6.07) is 6.44. The molecule has 1 heterocycles. The number of thioether (sulfide) groups is 1. The highest BCUT2D eigenvalue weighted by atomic mass is 35.5. The van der Waals surface area contributed by atoms with E-state index in [1.807, 2.05) is 34.0 Å². The fourth-order valence-electron chi connectivity index (χ4n) is 4.16. The van der Waals surface area contributed by atoms with Gasteiger partial charge in [0.05, 0.1) is 0 Å². The van der Waals surface area contributed by atoms with E-state index >= 15 is 0 Å². The Labute approximate surface area is 220 Å². The Morgan fingerprint density at radius 2 is 1.57 bits per heavy atom. The number of nitrogens with zero attached hydrogens (tertiary/aromatic N) is 1. The van der Waals surface area contributed by atoms with Gasteiger partial charge in [-0.25, -0.2) is 4.39 Å². The maximum absolute atomic E-state index is 14.6. The molecule has 0 aromatic heterocycles. The van der Waals surface area contributed by atoms with Crippen LogP contribution in [0, 0.1) is 6.92 Å². The molecule has 37 heavy (non-hydrogen) atoms. The third-order valence-electron chi connectivity index (χ3n) is 5.70. The summed E-state index contributed by atoms with van der Waals surface area (Å²) in [6.07, 6.45) is -11.5. The first-order valence-corrected chi connectivity index (χ1v) is 13.1. The quantitative estimate of drug-likeness (QED) is 0.353. The molecule has 0 aliphatic carbocycles. The van der Waals surface area contributed by atoms with E-state index in [1.54, 1.807) is 12.1 Å². The van der Waals surface area contributed by atoms with Crippen molar-refractivity contribution in [1.82, 2.24) is 5.32 Å². The van der Waals surface area contributed by atoms with E-state index in [-0.39, 0.29) is 21.8 Å². The molecule has 3 nitrogen and oxygen atoms in total. The molecule has 0 saturated carbocycles. The van der Waals surface area contributed by atoms with Crippen LogP contribution in [0.1, 0.15) is 60.9 Å². The number of fused-ring (bicyclic) bond motifs is 1. The van der Waals surface area contributed by atoms with E-state index in [1.165, 1.54) is 29.7 Å². The average Bonchev–Trinajstić information content (AvgIpc) is 3.05. The molecule has 2 aromatic carbocycles. The molecule has 206 valence electrons. The van der Waals surface area contributed by atoms with E-state index < -0.39 is 41.2 Å². The van der Waals surface area contributed by atoms with Gasteiger partial charge in [-0.15, -0.1) is 0 Å². The molecule has 2 aromatic rings. The summed E-state index contributed by atoms with van der Waals surface area (Å²) >= 11 is 7.92. The van der Waals surface area contributed by atoms with Gasteiger partial charge in [0.15, 0.2) is 0 Å². The third kappa shape index (κ3) is 5.73. The Kier molecular flexibility index (Phi) is 9.30. The summed E-state index contributed by atoms with van der Waals surface area (Å²) in [4.78, 5) is 14.6. The molecule has 3 rings (SSSR count). The van der Waals surface area contributed by atoms with E-state index in [2.05, 4.69) is 5.32 Å². The molecule has 1 atom stereocenters. The minimum atomic E-state index is -6.24.